The Morgan fingerprint density at radius 2 is 2.09 bits per heavy atom. The average molecular weight is 486 g/mol. The molecule has 2 heterocycles. The predicted molar refractivity (Wildman–Crippen MR) is 136 cm³/mol. The largest absolute Gasteiger partial charge is 0.490 e. The van der Waals surface area contributed by atoms with E-state index in [0.717, 1.165) is 11.3 Å². The minimum Gasteiger partial charge on any atom is -0.490 e. The highest BCUT2D eigenvalue weighted by molar-refractivity contribution is 7.81. The number of likely N-dealkylation sites (N-methyl/N-ethyl adjacent to an activating group) is 1. The van der Waals surface area contributed by atoms with Gasteiger partial charge in [-0.25, -0.2) is 4.39 Å². The maximum atomic E-state index is 13.9. The monoisotopic (exact) mass is 485 g/mol. The molecule has 0 bridgehead atoms. The van der Waals surface area contributed by atoms with Crippen LogP contribution < -0.4 is 20.7 Å². The molecular weight excluding hydrogens is 453 g/mol. The number of halogens is 1. The van der Waals surface area contributed by atoms with Crippen LogP contribution in [0.2, 0.25) is 0 Å². The fourth-order valence-electron chi connectivity index (χ4n) is 3.27. The molecule has 0 fully saturated rings. The van der Waals surface area contributed by atoms with Gasteiger partial charge in [0, 0.05) is 53.8 Å². The maximum Gasteiger partial charge on any atom is 0.256 e. The van der Waals surface area contributed by atoms with Crippen LogP contribution in [0.5, 0.6) is 5.75 Å². The first-order valence-electron chi connectivity index (χ1n) is 11.1. The Labute approximate surface area is 205 Å². The van der Waals surface area contributed by atoms with Crippen LogP contribution in [0.3, 0.4) is 0 Å². The second kappa shape index (κ2) is 10.9. The molecule has 0 atom stereocenters. The van der Waals surface area contributed by atoms with E-state index in [1.807, 2.05) is 20.2 Å². The average Bonchev–Trinajstić information content (AvgIpc) is 2.79. The van der Waals surface area contributed by atoms with Crippen LogP contribution in [0.25, 0.3) is 0 Å². The van der Waals surface area contributed by atoms with Gasteiger partial charge in [0.2, 0.25) is 0 Å². The summed E-state index contributed by atoms with van der Waals surface area (Å²) in [6.07, 6.45) is 4.01. The van der Waals surface area contributed by atoms with Crippen LogP contribution in [0.15, 0.2) is 47.9 Å². The molecule has 0 radical (unpaired) electrons. The van der Waals surface area contributed by atoms with E-state index in [9.17, 15) is 9.18 Å². The van der Waals surface area contributed by atoms with Crippen LogP contribution >= 0.6 is 12.2 Å². The van der Waals surface area contributed by atoms with Crippen molar-refractivity contribution in [2.75, 3.05) is 32.6 Å². The molecule has 1 amide bonds. The highest BCUT2D eigenvalue weighted by Crippen LogP contribution is 2.23. The van der Waals surface area contributed by atoms with Crippen molar-refractivity contribution >= 4 is 28.8 Å². The molecule has 7 nitrogen and oxygen atoms in total. The van der Waals surface area contributed by atoms with Gasteiger partial charge in [0.05, 0.1) is 11.8 Å². The zero-order chi connectivity index (χ0) is 24.9. The highest BCUT2D eigenvalue weighted by Gasteiger charge is 2.25. The van der Waals surface area contributed by atoms with Crippen molar-refractivity contribution in [3.63, 3.8) is 0 Å². The van der Waals surface area contributed by atoms with Gasteiger partial charge in [-0.05, 0) is 53.1 Å². The summed E-state index contributed by atoms with van der Waals surface area (Å²) >= 11 is 5.55. The number of pyridine rings is 1. The smallest absolute Gasteiger partial charge is 0.256 e. The lowest BCUT2D eigenvalue weighted by Gasteiger charge is -2.32. The molecule has 2 aromatic rings. The molecule has 182 valence electrons. The Morgan fingerprint density at radius 3 is 2.82 bits per heavy atom. The maximum absolute atomic E-state index is 13.9. The Balaban J connectivity index is 1.78. The Morgan fingerprint density at radius 1 is 1.32 bits per heavy atom. The molecule has 9 heteroatoms. The number of benzene rings is 1. The summed E-state index contributed by atoms with van der Waals surface area (Å²) in [6.45, 7) is 7.31. The third-order valence-electron chi connectivity index (χ3n) is 6.09. The molecule has 3 rings (SSSR count). The molecule has 1 aliphatic heterocycles. The van der Waals surface area contributed by atoms with E-state index in [-0.39, 0.29) is 22.3 Å². The lowest BCUT2D eigenvalue weighted by atomic mass is 10.1. The fraction of sp³-hybridized carbons (Fsp3) is 0.400. The number of hydrogen-bond acceptors (Lipinski definition) is 6. The minimum absolute atomic E-state index is 0.148. The summed E-state index contributed by atoms with van der Waals surface area (Å²) in [4.78, 5) is 19.2. The van der Waals surface area contributed by atoms with Crippen LogP contribution in [0.1, 0.15) is 31.4 Å². The molecule has 0 spiro atoms. The molecule has 0 unspecified atom stereocenters. The van der Waals surface area contributed by atoms with Crippen LogP contribution in [0, 0.1) is 12.7 Å². The molecule has 1 aromatic carbocycles. The topological polar surface area (TPSA) is 78.5 Å². The minimum atomic E-state index is -0.337. The molecule has 1 aromatic heterocycles. The van der Waals surface area contributed by atoms with E-state index >= 15 is 0 Å². The molecule has 0 saturated heterocycles. The number of nitrogens with one attached hydrogen (secondary N) is 3. The highest BCUT2D eigenvalue weighted by atomic mass is 32.1. The number of carbonyl (C=O) groups is 1. The summed E-state index contributed by atoms with van der Waals surface area (Å²) in [5.41, 5.74) is 2.83. The third-order valence-corrected chi connectivity index (χ3v) is 6.39. The molecular formula is C25H32FN5O2S. The second-order valence-electron chi connectivity index (χ2n) is 9.06. The van der Waals surface area contributed by atoms with Crippen LogP contribution in [-0.4, -0.2) is 53.6 Å². The van der Waals surface area contributed by atoms with E-state index < -0.39 is 0 Å². The first kappa shape index (κ1) is 25.6. The second-order valence-corrected chi connectivity index (χ2v) is 9.47. The van der Waals surface area contributed by atoms with Gasteiger partial charge in [-0.2, -0.15) is 0 Å². The standard InChI is InChI=1S/C25H32FN5O2S/c1-16-18(26)7-6-8-19(16)30-24(34)22-20(10-12-28-23(22)32)29-13-17-9-11-27-14-21(17)33-15-25(2,3)31(4)5/h6-9,11,14,29H,10,12-13,15H2,1-5H3,(H,28,32)(H,30,34). The van der Waals surface area contributed by atoms with Crippen molar-refractivity contribution in [1.29, 1.82) is 0 Å². The lowest BCUT2D eigenvalue weighted by molar-refractivity contribution is -0.117. The summed E-state index contributed by atoms with van der Waals surface area (Å²) in [5.74, 6) is 0.0820. The van der Waals surface area contributed by atoms with Gasteiger partial charge in [-0.1, -0.05) is 18.3 Å². The lowest BCUT2D eigenvalue weighted by Crippen LogP contribution is -2.43. The van der Waals surface area contributed by atoms with E-state index in [4.69, 9.17) is 17.0 Å². The number of nitrogens with zero attached hydrogens (tertiary/aromatic N) is 2. The van der Waals surface area contributed by atoms with Crippen molar-refractivity contribution < 1.29 is 13.9 Å². The van der Waals surface area contributed by atoms with E-state index in [2.05, 4.69) is 39.7 Å². The quantitative estimate of drug-likeness (QED) is 0.469. The Hall–Kier alpha value is -3.04. The van der Waals surface area contributed by atoms with Crippen molar-refractivity contribution in [1.82, 2.24) is 20.5 Å². The number of aromatic nitrogens is 1. The fourth-order valence-corrected chi connectivity index (χ4v) is 3.59. The summed E-state index contributed by atoms with van der Waals surface area (Å²) in [6, 6.07) is 6.61. The normalized spacial score (nSPS) is 14.1. The van der Waals surface area contributed by atoms with Crippen LogP contribution in [-0.2, 0) is 11.3 Å². The third kappa shape index (κ3) is 6.09. The van der Waals surface area contributed by atoms with Crippen molar-refractivity contribution in [2.24, 2.45) is 0 Å². The van der Waals surface area contributed by atoms with Crippen LogP contribution in [0.4, 0.5) is 10.1 Å². The summed E-state index contributed by atoms with van der Waals surface area (Å²) < 4.78 is 20.0. The van der Waals surface area contributed by atoms with E-state index in [1.54, 1.807) is 31.5 Å². The molecule has 34 heavy (non-hydrogen) atoms. The first-order valence-corrected chi connectivity index (χ1v) is 11.6. The Kier molecular flexibility index (Phi) is 8.22. The van der Waals surface area contributed by atoms with Gasteiger partial charge < -0.3 is 25.6 Å². The van der Waals surface area contributed by atoms with Gasteiger partial charge in [0.25, 0.3) is 5.91 Å². The van der Waals surface area contributed by atoms with E-state index in [0.29, 0.717) is 48.7 Å². The van der Waals surface area contributed by atoms with Gasteiger partial charge in [-0.15, -0.1) is 0 Å². The predicted octanol–water partition coefficient (Wildman–Crippen LogP) is 3.55. The van der Waals surface area contributed by atoms with Gasteiger partial charge in [0.1, 0.15) is 23.2 Å². The summed E-state index contributed by atoms with van der Waals surface area (Å²) in [5, 5.41) is 9.24. The van der Waals surface area contributed by atoms with Gasteiger partial charge >= 0.3 is 0 Å². The van der Waals surface area contributed by atoms with Gasteiger partial charge in [0.15, 0.2) is 0 Å². The number of amides is 1. The van der Waals surface area contributed by atoms with Crippen molar-refractivity contribution in [3.05, 3.63) is 64.9 Å². The summed E-state index contributed by atoms with van der Waals surface area (Å²) in [7, 11) is 4.03. The number of anilines is 1. The van der Waals surface area contributed by atoms with Gasteiger partial charge in [-0.3, -0.25) is 9.78 Å². The van der Waals surface area contributed by atoms with Crippen molar-refractivity contribution in [3.8, 4) is 5.75 Å². The zero-order valence-corrected chi connectivity index (χ0v) is 21.1. The Bertz CT molecular complexity index is 1100. The SMILES string of the molecule is Cc1c(F)cccc1NC(=S)C1=C(NCc2ccncc2OCC(C)(C)N(C)C)CCNC1=O. The molecule has 0 saturated carbocycles. The number of ether oxygens (including phenoxy) is 1. The molecule has 1 aliphatic rings. The molecule has 3 N–H and O–H groups in total. The first-order chi connectivity index (χ1) is 16.1. The van der Waals surface area contributed by atoms with Crippen molar-refractivity contribution in [2.45, 2.75) is 39.3 Å². The number of rotatable bonds is 9. The molecule has 0 aliphatic carbocycles. The number of thiocarbonyl (C=S) groups is 1. The number of carbonyl (C=O) groups excluding carboxylic acids is 1. The zero-order valence-electron chi connectivity index (χ0n) is 20.3. The van der Waals surface area contributed by atoms with E-state index in [1.165, 1.54) is 6.07 Å². The number of hydrogen-bond donors (Lipinski definition) is 3.